The second kappa shape index (κ2) is 6.74. The number of hydrogen-bond donors (Lipinski definition) is 1. The van der Waals surface area contributed by atoms with E-state index in [1.54, 1.807) is 6.92 Å². The molecule has 0 radical (unpaired) electrons. The van der Waals surface area contributed by atoms with Crippen molar-refractivity contribution in [2.75, 3.05) is 0 Å². The molecule has 0 bridgehead atoms. The number of aryl methyl sites for hydroxylation is 1. The van der Waals surface area contributed by atoms with Crippen LogP contribution in [0.25, 0.3) is 11.1 Å². The van der Waals surface area contributed by atoms with Gasteiger partial charge in [0.25, 0.3) is 5.56 Å². The van der Waals surface area contributed by atoms with Crippen molar-refractivity contribution < 1.29 is 13.2 Å². The first-order valence-corrected chi connectivity index (χ1v) is 8.29. The Morgan fingerprint density at radius 1 is 1.16 bits per heavy atom. The van der Waals surface area contributed by atoms with E-state index in [0.717, 1.165) is 0 Å². The number of rotatable bonds is 2. The monoisotopic (exact) mass is 372 g/mol. The van der Waals surface area contributed by atoms with Gasteiger partial charge in [-0.3, -0.25) is 4.79 Å². The molecule has 0 saturated heterocycles. The Balaban J connectivity index is 1.97. The molecule has 3 rings (SSSR count). The summed E-state index contributed by atoms with van der Waals surface area (Å²) < 4.78 is 38.6. The molecule has 5 nitrogen and oxygen atoms in total. The highest BCUT2D eigenvalue weighted by Gasteiger charge is 2.42. The molecular weight excluding hydrogens is 357 g/mol. The third-order valence-electron chi connectivity index (χ3n) is 4.55. The van der Waals surface area contributed by atoms with E-state index in [-0.39, 0.29) is 29.6 Å². The molecule has 0 aromatic carbocycles. The SMILES string of the molecule is Cc1nc(C2CCC(C(F)(F)F)CC2)c(-c2cnc(Cl)nc2)c(=O)[nH]1. The number of nitrogens with zero attached hydrogens (tertiary/aromatic N) is 3. The summed E-state index contributed by atoms with van der Waals surface area (Å²) in [6, 6.07) is 0. The molecule has 2 heterocycles. The van der Waals surface area contributed by atoms with Gasteiger partial charge in [-0.05, 0) is 44.2 Å². The van der Waals surface area contributed by atoms with E-state index < -0.39 is 12.1 Å². The van der Waals surface area contributed by atoms with Gasteiger partial charge in [0.1, 0.15) is 5.82 Å². The van der Waals surface area contributed by atoms with E-state index in [2.05, 4.69) is 19.9 Å². The van der Waals surface area contributed by atoms with Crippen LogP contribution in [0.5, 0.6) is 0 Å². The Kier molecular flexibility index (Phi) is 4.81. The molecule has 1 N–H and O–H groups in total. The van der Waals surface area contributed by atoms with Gasteiger partial charge in [0, 0.05) is 23.9 Å². The van der Waals surface area contributed by atoms with E-state index in [0.29, 0.717) is 35.5 Å². The molecule has 9 heteroatoms. The van der Waals surface area contributed by atoms with E-state index in [9.17, 15) is 18.0 Å². The van der Waals surface area contributed by atoms with Crippen LogP contribution in [0.1, 0.15) is 43.1 Å². The fourth-order valence-electron chi connectivity index (χ4n) is 3.32. The van der Waals surface area contributed by atoms with E-state index in [1.807, 2.05) is 0 Å². The van der Waals surface area contributed by atoms with Crippen LogP contribution in [-0.4, -0.2) is 26.1 Å². The van der Waals surface area contributed by atoms with Crippen molar-refractivity contribution in [1.82, 2.24) is 19.9 Å². The number of hydrogen-bond acceptors (Lipinski definition) is 4. The van der Waals surface area contributed by atoms with Crippen molar-refractivity contribution in [3.8, 4) is 11.1 Å². The summed E-state index contributed by atoms with van der Waals surface area (Å²) in [6.45, 7) is 1.65. The Labute approximate surface area is 146 Å². The predicted octanol–water partition coefficient (Wildman–Crippen LogP) is 4.02. The summed E-state index contributed by atoms with van der Waals surface area (Å²) in [6.07, 6.45) is -0.585. The van der Waals surface area contributed by atoms with Crippen molar-refractivity contribution in [2.45, 2.75) is 44.7 Å². The average molecular weight is 373 g/mol. The van der Waals surface area contributed by atoms with Gasteiger partial charge in [-0.25, -0.2) is 15.0 Å². The molecule has 0 aliphatic heterocycles. The lowest BCUT2D eigenvalue weighted by molar-refractivity contribution is -0.182. The summed E-state index contributed by atoms with van der Waals surface area (Å²) in [4.78, 5) is 27.2. The molecule has 0 spiro atoms. The molecule has 2 aromatic heterocycles. The maximum absolute atomic E-state index is 12.9. The summed E-state index contributed by atoms with van der Waals surface area (Å²) in [5.74, 6) is -1.06. The van der Waals surface area contributed by atoms with Crippen LogP contribution in [0.4, 0.5) is 13.2 Å². The van der Waals surface area contributed by atoms with Gasteiger partial charge < -0.3 is 4.98 Å². The van der Waals surface area contributed by atoms with Crippen LogP contribution in [0.2, 0.25) is 5.28 Å². The second-order valence-electron chi connectivity index (χ2n) is 6.24. The number of alkyl halides is 3. The fraction of sp³-hybridized carbons (Fsp3) is 0.500. The first-order valence-electron chi connectivity index (χ1n) is 7.91. The van der Waals surface area contributed by atoms with Gasteiger partial charge in [-0.15, -0.1) is 0 Å². The normalized spacial score (nSPS) is 21.3. The third kappa shape index (κ3) is 3.84. The topological polar surface area (TPSA) is 71.5 Å². The molecule has 0 unspecified atom stereocenters. The number of H-pyrrole nitrogens is 1. The van der Waals surface area contributed by atoms with Gasteiger partial charge in [-0.2, -0.15) is 13.2 Å². The maximum Gasteiger partial charge on any atom is 0.391 e. The van der Waals surface area contributed by atoms with Crippen molar-refractivity contribution >= 4 is 11.6 Å². The second-order valence-corrected chi connectivity index (χ2v) is 6.58. The van der Waals surface area contributed by atoms with Gasteiger partial charge in [-0.1, -0.05) is 0 Å². The number of nitrogens with one attached hydrogen (secondary N) is 1. The zero-order chi connectivity index (χ0) is 18.2. The molecule has 2 aromatic rings. The highest BCUT2D eigenvalue weighted by atomic mass is 35.5. The average Bonchev–Trinajstić information content (AvgIpc) is 2.55. The molecule has 1 aliphatic rings. The molecule has 134 valence electrons. The van der Waals surface area contributed by atoms with Crippen LogP contribution in [0.15, 0.2) is 17.2 Å². The van der Waals surface area contributed by atoms with Crippen molar-refractivity contribution in [1.29, 1.82) is 0 Å². The van der Waals surface area contributed by atoms with Crippen molar-refractivity contribution in [3.63, 3.8) is 0 Å². The van der Waals surface area contributed by atoms with Crippen molar-refractivity contribution in [3.05, 3.63) is 39.5 Å². The highest BCUT2D eigenvalue weighted by molar-refractivity contribution is 6.28. The lowest BCUT2D eigenvalue weighted by Crippen LogP contribution is -2.28. The highest BCUT2D eigenvalue weighted by Crippen LogP contribution is 2.43. The lowest BCUT2D eigenvalue weighted by Gasteiger charge is -2.30. The minimum Gasteiger partial charge on any atom is -0.310 e. The molecule has 1 aliphatic carbocycles. The van der Waals surface area contributed by atoms with Gasteiger partial charge in [0.15, 0.2) is 0 Å². The predicted molar refractivity (Wildman–Crippen MR) is 86.4 cm³/mol. The Morgan fingerprint density at radius 3 is 2.32 bits per heavy atom. The van der Waals surface area contributed by atoms with E-state index in [1.165, 1.54) is 12.4 Å². The van der Waals surface area contributed by atoms with Crippen molar-refractivity contribution in [2.24, 2.45) is 5.92 Å². The molecule has 0 amide bonds. The summed E-state index contributed by atoms with van der Waals surface area (Å²) >= 11 is 5.68. The third-order valence-corrected chi connectivity index (χ3v) is 4.75. The zero-order valence-corrected chi connectivity index (χ0v) is 14.2. The van der Waals surface area contributed by atoms with Crippen LogP contribution >= 0.6 is 11.6 Å². The number of aromatic nitrogens is 4. The largest absolute Gasteiger partial charge is 0.391 e. The standard InChI is InChI=1S/C16H16ClF3N4O/c1-8-23-13(9-2-4-11(5-3-9)16(18,19)20)12(14(25)24-8)10-6-21-15(17)22-7-10/h6-7,9,11H,2-5H2,1H3,(H,23,24,25). The van der Waals surface area contributed by atoms with Gasteiger partial charge >= 0.3 is 6.18 Å². The molecule has 1 saturated carbocycles. The number of halogens is 4. The van der Waals surface area contributed by atoms with Gasteiger partial charge in [0.05, 0.1) is 17.2 Å². The molecular formula is C16H16ClF3N4O. The maximum atomic E-state index is 12.9. The van der Waals surface area contributed by atoms with Crippen LogP contribution in [0, 0.1) is 12.8 Å². The Morgan fingerprint density at radius 2 is 1.76 bits per heavy atom. The van der Waals surface area contributed by atoms with Crippen LogP contribution < -0.4 is 5.56 Å². The lowest BCUT2D eigenvalue weighted by atomic mass is 9.78. The Hall–Kier alpha value is -1.96. The minimum atomic E-state index is -4.17. The smallest absolute Gasteiger partial charge is 0.310 e. The molecule has 25 heavy (non-hydrogen) atoms. The van der Waals surface area contributed by atoms with Gasteiger partial charge in [0.2, 0.25) is 5.28 Å². The summed E-state index contributed by atoms with van der Waals surface area (Å²) in [5, 5.41) is 0.0486. The summed E-state index contributed by atoms with van der Waals surface area (Å²) in [7, 11) is 0. The van der Waals surface area contributed by atoms with Crippen LogP contribution in [-0.2, 0) is 0 Å². The fourth-order valence-corrected chi connectivity index (χ4v) is 3.42. The van der Waals surface area contributed by atoms with Crippen LogP contribution in [0.3, 0.4) is 0 Å². The summed E-state index contributed by atoms with van der Waals surface area (Å²) in [5.41, 5.74) is 0.906. The Bertz CT molecular complexity index is 812. The number of aromatic amines is 1. The van der Waals surface area contributed by atoms with E-state index >= 15 is 0 Å². The minimum absolute atomic E-state index is 0.0399. The first kappa shape index (κ1) is 17.8. The molecule has 1 fully saturated rings. The molecule has 0 atom stereocenters. The quantitative estimate of drug-likeness (QED) is 0.808. The van der Waals surface area contributed by atoms with E-state index in [4.69, 9.17) is 11.6 Å². The first-order chi connectivity index (χ1) is 11.8. The zero-order valence-electron chi connectivity index (χ0n) is 13.4.